The molecule has 1 heterocycles. The molecule has 0 spiro atoms. The third kappa shape index (κ3) is 3.20. The molecule has 0 saturated carbocycles. The van der Waals surface area contributed by atoms with Gasteiger partial charge < -0.3 is 4.74 Å². The van der Waals surface area contributed by atoms with Crippen molar-refractivity contribution in [3.05, 3.63) is 40.3 Å². The highest BCUT2D eigenvalue weighted by Gasteiger charge is 2.28. The summed E-state index contributed by atoms with van der Waals surface area (Å²) < 4.78 is 5.72. The van der Waals surface area contributed by atoms with Gasteiger partial charge in [0.15, 0.2) is 0 Å². The molecule has 0 N–H and O–H groups in total. The van der Waals surface area contributed by atoms with E-state index < -0.39 is 4.92 Å². The van der Waals surface area contributed by atoms with Crippen LogP contribution in [0.3, 0.4) is 0 Å². The van der Waals surface area contributed by atoms with Crippen LogP contribution < -0.4 is 4.74 Å². The van der Waals surface area contributed by atoms with Gasteiger partial charge in [-0.25, -0.2) is 0 Å². The minimum atomic E-state index is -0.408. The summed E-state index contributed by atoms with van der Waals surface area (Å²) >= 11 is 0. The first kappa shape index (κ1) is 12.8. The highest BCUT2D eigenvalue weighted by Crippen LogP contribution is 2.21. The van der Waals surface area contributed by atoms with Gasteiger partial charge in [0.05, 0.1) is 4.92 Å². The smallest absolute Gasteiger partial charge is 0.269 e. The summed E-state index contributed by atoms with van der Waals surface area (Å²) in [5.41, 5.74) is 0.0915. The van der Waals surface area contributed by atoms with Crippen molar-refractivity contribution in [1.29, 1.82) is 0 Å². The largest absolute Gasteiger partial charge is 0.488 e. The van der Waals surface area contributed by atoms with Crippen LogP contribution in [0.15, 0.2) is 24.3 Å². The number of nitro benzene ring substituents is 1. The van der Waals surface area contributed by atoms with E-state index in [1.54, 1.807) is 12.1 Å². The SMILES string of the molecule is C[C](C)CN1CC(Oc2ccc([N+](=O)[O-])cc2)C1. The number of likely N-dealkylation sites (tertiary alicyclic amines) is 1. The molecule has 0 bridgehead atoms. The lowest BCUT2D eigenvalue weighted by Crippen LogP contribution is -2.54. The minimum Gasteiger partial charge on any atom is -0.488 e. The molecule has 0 unspecified atom stereocenters. The monoisotopic (exact) mass is 249 g/mol. The zero-order chi connectivity index (χ0) is 13.1. The van der Waals surface area contributed by atoms with E-state index in [4.69, 9.17) is 4.74 Å². The van der Waals surface area contributed by atoms with Crippen LogP contribution in [0, 0.1) is 16.0 Å². The molecule has 1 aliphatic rings. The van der Waals surface area contributed by atoms with Crippen molar-refractivity contribution in [2.75, 3.05) is 19.6 Å². The van der Waals surface area contributed by atoms with Gasteiger partial charge in [-0.05, 0) is 18.1 Å². The molecule has 1 aliphatic heterocycles. The molecule has 1 aromatic rings. The number of nitro groups is 1. The van der Waals surface area contributed by atoms with Crippen LogP contribution in [0.25, 0.3) is 0 Å². The highest BCUT2D eigenvalue weighted by molar-refractivity contribution is 5.36. The summed E-state index contributed by atoms with van der Waals surface area (Å²) in [6.07, 6.45) is 0.200. The summed E-state index contributed by atoms with van der Waals surface area (Å²) in [5, 5.41) is 10.5. The molecule has 1 radical (unpaired) electrons. The van der Waals surface area contributed by atoms with E-state index in [1.165, 1.54) is 18.1 Å². The Hall–Kier alpha value is -1.62. The van der Waals surface area contributed by atoms with E-state index in [-0.39, 0.29) is 11.8 Å². The number of hydrogen-bond donors (Lipinski definition) is 0. The third-order valence-corrected chi connectivity index (χ3v) is 2.81. The highest BCUT2D eigenvalue weighted by atomic mass is 16.6. The number of non-ortho nitro benzene ring substituents is 1. The van der Waals surface area contributed by atoms with Gasteiger partial charge in [0.25, 0.3) is 5.69 Å². The van der Waals surface area contributed by atoms with Gasteiger partial charge in [-0.2, -0.15) is 0 Å². The van der Waals surface area contributed by atoms with Crippen molar-refractivity contribution >= 4 is 5.69 Å². The second-order valence-corrected chi connectivity index (χ2v) is 4.89. The maximum Gasteiger partial charge on any atom is 0.269 e. The van der Waals surface area contributed by atoms with E-state index in [2.05, 4.69) is 18.7 Å². The quantitative estimate of drug-likeness (QED) is 0.593. The molecule has 5 heteroatoms. The standard InChI is InChI=1S/C13H17N2O3/c1-10(2)7-14-8-13(9-14)18-12-5-3-11(4-6-12)15(16)17/h3-6,13H,7-9H2,1-2H3. The predicted molar refractivity (Wildman–Crippen MR) is 68.5 cm³/mol. The maximum atomic E-state index is 10.5. The topological polar surface area (TPSA) is 55.6 Å². The first-order valence-electron chi connectivity index (χ1n) is 5.97. The molecular weight excluding hydrogens is 232 g/mol. The summed E-state index contributed by atoms with van der Waals surface area (Å²) in [4.78, 5) is 12.4. The fraction of sp³-hybridized carbons (Fsp3) is 0.462. The summed E-state index contributed by atoms with van der Waals surface area (Å²) in [7, 11) is 0. The van der Waals surface area contributed by atoms with Crippen molar-refractivity contribution in [2.24, 2.45) is 0 Å². The Morgan fingerprint density at radius 2 is 2.00 bits per heavy atom. The average Bonchev–Trinajstić information content (AvgIpc) is 2.26. The lowest BCUT2D eigenvalue weighted by molar-refractivity contribution is -0.384. The fourth-order valence-electron chi connectivity index (χ4n) is 2.01. The number of rotatable bonds is 5. The van der Waals surface area contributed by atoms with E-state index in [0.717, 1.165) is 19.6 Å². The first-order chi connectivity index (χ1) is 8.54. The molecule has 97 valence electrons. The van der Waals surface area contributed by atoms with Gasteiger partial charge in [-0.1, -0.05) is 13.8 Å². The molecule has 0 aromatic heterocycles. The van der Waals surface area contributed by atoms with Crippen molar-refractivity contribution in [2.45, 2.75) is 20.0 Å². The Labute approximate surface area is 107 Å². The number of ether oxygens (including phenoxy) is 1. The lowest BCUT2D eigenvalue weighted by atomic mass is 10.1. The summed E-state index contributed by atoms with van der Waals surface area (Å²) in [5.74, 6) is 2.09. The number of hydrogen-bond acceptors (Lipinski definition) is 4. The van der Waals surface area contributed by atoms with Gasteiger partial charge in [0, 0.05) is 31.8 Å². The Balaban J connectivity index is 1.80. The molecule has 0 atom stereocenters. The molecule has 18 heavy (non-hydrogen) atoms. The van der Waals surface area contributed by atoms with Crippen LogP contribution in [-0.4, -0.2) is 35.6 Å². The third-order valence-electron chi connectivity index (χ3n) is 2.81. The molecular formula is C13H17N2O3. The van der Waals surface area contributed by atoms with Crippen molar-refractivity contribution in [1.82, 2.24) is 4.90 Å². The Morgan fingerprint density at radius 1 is 1.39 bits per heavy atom. The maximum absolute atomic E-state index is 10.5. The van der Waals surface area contributed by atoms with E-state index in [1.807, 2.05) is 0 Å². The average molecular weight is 249 g/mol. The minimum absolute atomic E-state index is 0.0915. The van der Waals surface area contributed by atoms with Crippen LogP contribution in [0.2, 0.25) is 0 Å². The van der Waals surface area contributed by atoms with E-state index >= 15 is 0 Å². The fourth-order valence-corrected chi connectivity index (χ4v) is 2.01. The first-order valence-corrected chi connectivity index (χ1v) is 5.97. The zero-order valence-electron chi connectivity index (χ0n) is 10.6. The van der Waals surface area contributed by atoms with Gasteiger partial charge in [0.2, 0.25) is 0 Å². The van der Waals surface area contributed by atoms with Crippen LogP contribution in [-0.2, 0) is 0 Å². The molecule has 2 rings (SSSR count). The summed E-state index contributed by atoms with van der Waals surface area (Å²) in [6.45, 7) is 7.08. The Kier molecular flexibility index (Phi) is 3.81. The Morgan fingerprint density at radius 3 is 2.50 bits per heavy atom. The van der Waals surface area contributed by atoms with E-state index in [9.17, 15) is 10.1 Å². The second kappa shape index (κ2) is 5.35. The van der Waals surface area contributed by atoms with Crippen LogP contribution in [0.5, 0.6) is 5.75 Å². The normalized spacial score (nSPS) is 16.6. The summed E-state index contributed by atoms with van der Waals surface area (Å²) in [6, 6.07) is 6.24. The van der Waals surface area contributed by atoms with Gasteiger partial charge >= 0.3 is 0 Å². The van der Waals surface area contributed by atoms with Gasteiger partial charge in [-0.3, -0.25) is 15.0 Å². The van der Waals surface area contributed by atoms with Crippen LogP contribution in [0.1, 0.15) is 13.8 Å². The van der Waals surface area contributed by atoms with E-state index in [0.29, 0.717) is 5.75 Å². The predicted octanol–water partition coefficient (Wildman–Crippen LogP) is 2.27. The number of nitrogens with zero attached hydrogens (tertiary/aromatic N) is 2. The van der Waals surface area contributed by atoms with Gasteiger partial charge in [-0.15, -0.1) is 0 Å². The van der Waals surface area contributed by atoms with Crippen LogP contribution in [0.4, 0.5) is 5.69 Å². The molecule has 0 amide bonds. The van der Waals surface area contributed by atoms with Gasteiger partial charge in [0.1, 0.15) is 11.9 Å². The molecule has 1 fully saturated rings. The molecule has 5 nitrogen and oxygen atoms in total. The molecule has 0 aliphatic carbocycles. The van der Waals surface area contributed by atoms with Crippen molar-refractivity contribution in [3.8, 4) is 5.75 Å². The molecule has 1 saturated heterocycles. The number of benzene rings is 1. The second-order valence-electron chi connectivity index (χ2n) is 4.89. The molecule has 1 aromatic carbocycles. The van der Waals surface area contributed by atoms with Crippen molar-refractivity contribution < 1.29 is 9.66 Å². The van der Waals surface area contributed by atoms with Crippen molar-refractivity contribution in [3.63, 3.8) is 0 Å². The zero-order valence-corrected chi connectivity index (χ0v) is 10.6. The van der Waals surface area contributed by atoms with Crippen LogP contribution >= 0.6 is 0 Å². The Bertz CT molecular complexity index is 411. The lowest BCUT2D eigenvalue weighted by Gasteiger charge is -2.39.